The van der Waals surface area contributed by atoms with Crippen molar-refractivity contribution in [2.45, 2.75) is 12.8 Å². The first-order valence-electron chi connectivity index (χ1n) is 4.76. The molecule has 0 aromatic carbocycles. The first-order chi connectivity index (χ1) is 6.22. The molecule has 0 N–H and O–H groups in total. The third-order valence-electron chi connectivity index (χ3n) is 2.25. The van der Waals surface area contributed by atoms with Gasteiger partial charge in [0.2, 0.25) is 0 Å². The molecule has 2 fully saturated rings. The molecule has 0 bridgehead atoms. The van der Waals surface area contributed by atoms with Crippen molar-refractivity contribution >= 4 is 6.03 Å². The topological polar surface area (TPSA) is 32.8 Å². The van der Waals surface area contributed by atoms with Crippen molar-refractivity contribution < 1.29 is 9.53 Å². The molecule has 0 saturated carbocycles. The standard InChI is InChI=1S/C5H10N2O.C4H8O/c1-6-3-4-7(2)5(6)8;1-2-4-5-3-1/h3-4H2,1-2H3;1-4H2. The molecule has 4 heteroatoms. The average molecular weight is 186 g/mol. The molecule has 13 heavy (non-hydrogen) atoms. The summed E-state index contributed by atoms with van der Waals surface area (Å²) in [7, 11) is 3.62. The van der Waals surface area contributed by atoms with Gasteiger partial charge in [0, 0.05) is 40.4 Å². The maximum Gasteiger partial charge on any atom is 0.319 e. The van der Waals surface area contributed by atoms with Gasteiger partial charge >= 0.3 is 6.03 Å². The van der Waals surface area contributed by atoms with Crippen molar-refractivity contribution in [2.24, 2.45) is 0 Å². The van der Waals surface area contributed by atoms with Crippen LogP contribution in [0.5, 0.6) is 0 Å². The zero-order chi connectivity index (χ0) is 9.68. The Kier molecular flexibility index (Phi) is 4.02. The van der Waals surface area contributed by atoms with Crippen LogP contribution >= 0.6 is 0 Å². The van der Waals surface area contributed by atoms with Crippen LogP contribution in [0.2, 0.25) is 0 Å². The van der Waals surface area contributed by atoms with Gasteiger partial charge in [0.15, 0.2) is 0 Å². The smallest absolute Gasteiger partial charge is 0.319 e. The lowest BCUT2D eigenvalue weighted by atomic mass is 10.4. The molecule has 2 saturated heterocycles. The molecule has 0 aromatic heterocycles. The SMILES string of the molecule is C1CCOC1.CN1CCN(C)C1=O. The van der Waals surface area contributed by atoms with Crippen LogP contribution in [0, 0.1) is 0 Å². The van der Waals surface area contributed by atoms with Crippen LogP contribution in [-0.2, 0) is 4.74 Å². The molecule has 2 heterocycles. The number of rotatable bonds is 0. The molecule has 2 rings (SSSR count). The van der Waals surface area contributed by atoms with Gasteiger partial charge in [-0.15, -0.1) is 0 Å². The summed E-state index contributed by atoms with van der Waals surface area (Å²) < 4.78 is 4.94. The predicted molar refractivity (Wildman–Crippen MR) is 50.7 cm³/mol. The van der Waals surface area contributed by atoms with Gasteiger partial charge in [-0.3, -0.25) is 0 Å². The van der Waals surface area contributed by atoms with Crippen LogP contribution in [0.15, 0.2) is 0 Å². The second-order valence-electron chi connectivity index (χ2n) is 3.45. The normalized spacial score (nSPS) is 21.8. The van der Waals surface area contributed by atoms with Crippen LogP contribution in [0.4, 0.5) is 4.79 Å². The largest absolute Gasteiger partial charge is 0.381 e. The second-order valence-corrected chi connectivity index (χ2v) is 3.45. The number of amides is 2. The van der Waals surface area contributed by atoms with E-state index in [1.54, 1.807) is 9.80 Å². The molecule has 76 valence electrons. The van der Waals surface area contributed by atoms with E-state index < -0.39 is 0 Å². The molecule has 2 aliphatic heterocycles. The number of ether oxygens (including phenoxy) is 1. The Labute approximate surface area is 79.4 Å². The van der Waals surface area contributed by atoms with Crippen LogP contribution < -0.4 is 0 Å². The van der Waals surface area contributed by atoms with Crippen LogP contribution in [0.25, 0.3) is 0 Å². The van der Waals surface area contributed by atoms with Gasteiger partial charge in [-0.05, 0) is 12.8 Å². The Morgan fingerprint density at radius 3 is 1.69 bits per heavy atom. The lowest BCUT2D eigenvalue weighted by Gasteiger charge is -2.07. The minimum atomic E-state index is 0.130. The van der Waals surface area contributed by atoms with Gasteiger partial charge in [-0.25, -0.2) is 4.79 Å². The fourth-order valence-electron chi connectivity index (χ4n) is 1.29. The summed E-state index contributed by atoms with van der Waals surface area (Å²) in [5.41, 5.74) is 0. The second kappa shape index (κ2) is 5.07. The quantitative estimate of drug-likeness (QED) is 0.560. The highest BCUT2D eigenvalue weighted by atomic mass is 16.5. The number of urea groups is 1. The summed E-state index contributed by atoms with van der Waals surface area (Å²) in [6.07, 6.45) is 2.56. The number of nitrogens with zero attached hydrogens (tertiary/aromatic N) is 2. The number of carbonyl (C=O) groups is 1. The zero-order valence-electron chi connectivity index (χ0n) is 8.45. The van der Waals surface area contributed by atoms with Crippen LogP contribution in [-0.4, -0.2) is 56.2 Å². The Balaban J connectivity index is 0.000000145. The Morgan fingerprint density at radius 2 is 1.54 bits per heavy atom. The lowest BCUT2D eigenvalue weighted by Crippen LogP contribution is -2.25. The summed E-state index contributed by atoms with van der Waals surface area (Å²) in [6, 6.07) is 0.130. The Hall–Kier alpha value is -0.770. The summed E-state index contributed by atoms with van der Waals surface area (Å²) in [4.78, 5) is 14.2. The third kappa shape index (κ3) is 3.22. The van der Waals surface area contributed by atoms with Crippen molar-refractivity contribution in [1.29, 1.82) is 0 Å². The molecule has 0 spiro atoms. The summed E-state index contributed by atoms with van der Waals surface area (Å²) in [6.45, 7) is 3.74. The highest BCUT2D eigenvalue weighted by Crippen LogP contribution is 2.00. The van der Waals surface area contributed by atoms with Crippen molar-refractivity contribution in [1.82, 2.24) is 9.80 Å². The average Bonchev–Trinajstić information content (AvgIpc) is 2.75. The van der Waals surface area contributed by atoms with E-state index in [0.29, 0.717) is 0 Å². The van der Waals surface area contributed by atoms with E-state index >= 15 is 0 Å². The number of hydrogen-bond donors (Lipinski definition) is 0. The fraction of sp³-hybridized carbons (Fsp3) is 0.889. The summed E-state index contributed by atoms with van der Waals surface area (Å²) in [5.74, 6) is 0. The minimum absolute atomic E-state index is 0.130. The predicted octanol–water partition coefficient (Wildman–Crippen LogP) is 0.780. The highest BCUT2D eigenvalue weighted by molar-refractivity contribution is 5.75. The summed E-state index contributed by atoms with van der Waals surface area (Å²) >= 11 is 0. The molecule has 0 radical (unpaired) electrons. The van der Waals surface area contributed by atoms with E-state index in [9.17, 15) is 4.79 Å². The molecule has 2 aliphatic rings. The molecular formula is C9H18N2O2. The maximum absolute atomic E-state index is 10.8. The lowest BCUT2D eigenvalue weighted by molar-refractivity contribution is 0.198. The molecule has 0 aliphatic carbocycles. The molecule has 0 aromatic rings. The van der Waals surface area contributed by atoms with Crippen molar-refractivity contribution in [3.63, 3.8) is 0 Å². The van der Waals surface area contributed by atoms with E-state index in [1.165, 1.54) is 12.8 Å². The highest BCUT2D eigenvalue weighted by Gasteiger charge is 2.20. The molecule has 2 amide bonds. The maximum atomic E-state index is 10.8. The van der Waals surface area contributed by atoms with Gasteiger partial charge < -0.3 is 14.5 Å². The van der Waals surface area contributed by atoms with E-state index in [-0.39, 0.29) is 6.03 Å². The van der Waals surface area contributed by atoms with Gasteiger partial charge in [0.05, 0.1) is 0 Å². The van der Waals surface area contributed by atoms with E-state index in [2.05, 4.69) is 0 Å². The number of hydrogen-bond acceptors (Lipinski definition) is 2. The van der Waals surface area contributed by atoms with Crippen molar-refractivity contribution in [3.05, 3.63) is 0 Å². The summed E-state index contributed by atoms with van der Waals surface area (Å²) in [5, 5.41) is 0. The molecule has 4 nitrogen and oxygen atoms in total. The number of likely N-dealkylation sites (N-methyl/N-ethyl adjacent to an activating group) is 2. The van der Waals surface area contributed by atoms with Crippen molar-refractivity contribution in [2.75, 3.05) is 40.4 Å². The van der Waals surface area contributed by atoms with Crippen LogP contribution in [0.1, 0.15) is 12.8 Å². The Morgan fingerprint density at radius 1 is 1.08 bits per heavy atom. The van der Waals surface area contributed by atoms with E-state index in [1.807, 2.05) is 14.1 Å². The third-order valence-corrected chi connectivity index (χ3v) is 2.25. The Bertz CT molecular complexity index is 149. The minimum Gasteiger partial charge on any atom is -0.381 e. The van der Waals surface area contributed by atoms with Crippen LogP contribution in [0.3, 0.4) is 0 Å². The van der Waals surface area contributed by atoms with Gasteiger partial charge in [0.1, 0.15) is 0 Å². The van der Waals surface area contributed by atoms with Gasteiger partial charge in [0.25, 0.3) is 0 Å². The molecule has 0 unspecified atom stereocenters. The number of carbonyl (C=O) groups excluding carboxylic acids is 1. The van der Waals surface area contributed by atoms with Crippen molar-refractivity contribution in [3.8, 4) is 0 Å². The van der Waals surface area contributed by atoms with E-state index in [4.69, 9.17) is 4.74 Å². The zero-order valence-corrected chi connectivity index (χ0v) is 8.45. The van der Waals surface area contributed by atoms with Gasteiger partial charge in [-0.1, -0.05) is 0 Å². The van der Waals surface area contributed by atoms with E-state index in [0.717, 1.165) is 26.3 Å². The fourth-order valence-corrected chi connectivity index (χ4v) is 1.29. The van der Waals surface area contributed by atoms with Gasteiger partial charge in [-0.2, -0.15) is 0 Å². The first kappa shape index (κ1) is 10.3. The monoisotopic (exact) mass is 186 g/mol. The molecular weight excluding hydrogens is 168 g/mol. The molecule has 0 atom stereocenters. The first-order valence-corrected chi connectivity index (χ1v) is 4.76.